The van der Waals surface area contributed by atoms with Gasteiger partial charge in [0.05, 0.1) is 18.4 Å². The van der Waals surface area contributed by atoms with Gasteiger partial charge in [-0.1, -0.05) is 0 Å². The molecule has 1 atom stereocenters. The zero-order valence-electron chi connectivity index (χ0n) is 19.3. The number of aliphatic carboxylic acids is 2. The standard InChI is InChI=1S/C21H25N7O7S/c1-36(2,35)28(10-12-9-23-17-16(24-12)19(32)27-21(22)26-17)13-5-3-11(4-6-13)18(31)25-14(20(33)34)7-8-15(29)30/h3-6,9,14,36H,7-8,10H2,1-2H3,(H,25,31)(H,29,30)(H,33,34)(H3,22,23,26,27,32)/t14-/m0/s1. The van der Waals surface area contributed by atoms with Crippen molar-refractivity contribution in [2.24, 2.45) is 0 Å². The van der Waals surface area contributed by atoms with Crippen LogP contribution in [0.5, 0.6) is 0 Å². The normalized spacial score (nSPS) is 12.6. The number of carbonyl (C=O) groups is 3. The number of rotatable bonds is 10. The molecule has 0 saturated carbocycles. The van der Waals surface area contributed by atoms with Crippen molar-refractivity contribution >= 4 is 50.8 Å². The van der Waals surface area contributed by atoms with Crippen molar-refractivity contribution in [3.05, 3.63) is 52.1 Å². The molecule has 0 unspecified atom stereocenters. The van der Waals surface area contributed by atoms with Crippen LogP contribution in [0.3, 0.4) is 0 Å². The molecule has 0 bridgehead atoms. The lowest BCUT2D eigenvalue weighted by Crippen LogP contribution is -2.41. The number of thiol groups is 1. The number of aromatic amines is 1. The van der Waals surface area contributed by atoms with E-state index >= 15 is 0 Å². The summed E-state index contributed by atoms with van der Waals surface area (Å²) in [6.07, 6.45) is 3.80. The number of benzene rings is 1. The number of aromatic nitrogens is 4. The number of carbonyl (C=O) groups excluding carboxylic acids is 1. The van der Waals surface area contributed by atoms with Gasteiger partial charge in [-0.05, 0) is 40.8 Å². The summed E-state index contributed by atoms with van der Waals surface area (Å²) < 4.78 is 14.6. The van der Waals surface area contributed by atoms with Gasteiger partial charge < -0.3 is 30.6 Å². The van der Waals surface area contributed by atoms with E-state index in [0.29, 0.717) is 11.4 Å². The minimum atomic E-state index is -2.93. The first-order valence-corrected chi connectivity index (χ1v) is 13.1. The van der Waals surface area contributed by atoms with Crippen molar-refractivity contribution in [3.63, 3.8) is 0 Å². The van der Waals surface area contributed by atoms with Crippen LogP contribution in [0.25, 0.3) is 11.2 Å². The van der Waals surface area contributed by atoms with Crippen molar-refractivity contribution in [3.8, 4) is 0 Å². The van der Waals surface area contributed by atoms with E-state index in [1.807, 2.05) is 0 Å². The summed E-state index contributed by atoms with van der Waals surface area (Å²) in [7, 11) is -2.93. The second-order valence-electron chi connectivity index (χ2n) is 8.18. The van der Waals surface area contributed by atoms with Crippen molar-refractivity contribution in [1.29, 1.82) is 0 Å². The van der Waals surface area contributed by atoms with Crippen LogP contribution in [0.4, 0.5) is 11.6 Å². The maximum Gasteiger partial charge on any atom is 0.326 e. The number of H-pyrrole nitrogens is 1. The fraction of sp³-hybridized carbons (Fsp3) is 0.286. The first-order valence-electron chi connectivity index (χ1n) is 10.5. The van der Waals surface area contributed by atoms with Gasteiger partial charge in [0.15, 0.2) is 11.2 Å². The molecule has 0 fully saturated rings. The number of nitrogens with two attached hydrogens (primary N) is 1. The molecule has 0 saturated heterocycles. The molecule has 3 rings (SSSR count). The summed E-state index contributed by atoms with van der Waals surface area (Å²) in [5.74, 6) is -3.32. The zero-order valence-corrected chi connectivity index (χ0v) is 20.2. The molecule has 14 nitrogen and oxygen atoms in total. The monoisotopic (exact) mass is 519 g/mol. The predicted octanol–water partition coefficient (Wildman–Crippen LogP) is -0.459. The minimum Gasteiger partial charge on any atom is -0.481 e. The number of nitrogens with zero attached hydrogens (tertiary/aromatic N) is 4. The predicted molar refractivity (Wildman–Crippen MR) is 132 cm³/mol. The fourth-order valence-electron chi connectivity index (χ4n) is 3.30. The Kier molecular flexibility index (Phi) is 7.62. The molecule has 2 aromatic heterocycles. The zero-order chi connectivity index (χ0) is 26.6. The number of hydrogen-bond donors (Lipinski definition) is 6. The molecule has 0 aliphatic rings. The summed E-state index contributed by atoms with van der Waals surface area (Å²) in [4.78, 5) is 61.3. The van der Waals surface area contributed by atoms with Crippen molar-refractivity contribution in [2.75, 3.05) is 22.6 Å². The van der Waals surface area contributed by atoms with E-state index in [1.165, 1.54) is 43.0 Å². The Morgan fingerprint density at radius 2 is 1.83 bits per heavy atom. The van der Waals surface area contributed by atoms with Crippen molar-refractivity contribution in [1.82, 2.24) is 25.3 Å². The number of hydrogen-bond acceptors (Lipinski definition) is 9. The molecule has 1 amide bonds. The van der Waals surface area contributed by atoms with E-state index in [1.54, 1.807) is 4.31 Å². The Bertz CT molecular complexity index is 1420. The Labute approximate surface area is 205 Å². The molecule has 0 radical (unpaired) electrons. The second kappa shape index (κ2) is 10.5. The highest BCUT2D eigenvalue weighted by Crippen LogP contribution is 2.23. The number of carboxylic acid groups (broad SMARTS) is 2. The number of nitrogen functional groups attached to an aromatic ring is 1. The van der Waals surface area contributed by atoms with E-state index in [0.717, 1.165) is 0 Å². The molecule has 3 aromatic rings. The van der Waals surface area contributed by atoms with Gasteiger partial charge in [0.1, 0.15) is 6.04 Å². The van der Waals surface area contributed by atoms with Gasteiger partial charge in [-0.15, -0.1) is 0 Å². The van der Waals surface area contributed by atoms with Crippen LogP contribution in [-0.4, -0.2) is 70.8 Å². The first kappa shape index (κ1) is 26.2. The molecule has 15 heteroatoms. The van der Waals surface area contributed by atoms with Crippen LogP contribution in [0, 0.1) is 0 Å². The van der Waals surface area contributed by atoms with Gasteiger partial charge in [-0.25, -0.2) is 14.8 Å². The van der Waals surface area contributed by atoms with E-state index in [4.69, 9.17) is 10.8 Å². The summed E-state index contributed by atoms with van der Waals surface area (Å²) in [6, 6.07) is 4.55. The highest BCUT2D eigenvalue weighted by molar-refractivity contribution is 8.02. The third-order valence-electron chi connectivity index (χ3n) is 5.06. The highest BCUT2D eigenvalue weighted by Gasteiger charge is 2.22. The molecule has 2 heterocycles. The van der Waals surface area contributed by atoms with E-state index in [-0.39, 0.29) is 35.6 Å². The lowest BCUT2D eigenvalue weighted by atomic mass is 10.1. The number of carboxylic acids is 2. The van der Waals surface area contributed by atoms with Gasteiger partial charge in [-0.2, -0.15) is 4.98 Å². The third-order valence-corrected chi connectivity index (χ3v) is 6.60. The van der Waals surface area contributed by atoms with Crippen molar-refractivity contribution in [2.45, 2.75) is 25.4 Å². The van der Waals surface area contributed by atoms with Crippen LogP contribution >= 0.6 is 0 Å². The van der Waals surface area contributed by atoms with Crippen LogP contribution in [0.2, 0.25) is 0 Å². The Morgan fingerprint density at radius 1 is 1.17 bits per heavy atom. The topological polar surface area (TPSA) is 222 Å². The Hall–Kier alpha value is -4.40. The molecule has 0 aliphatic carbocycles. The third kappa shape index (κ3) is 6.38. The Morgan fingerprint density at radius 3 is 2.42 bits per heavy atom. The van der Waals surface area contributed by atoms with Gasteiger partial charge in [-0.3, -0.25) is 18.6 Å². The second-order valence-corrected chi connectivity index (χ2v) is 11.3. The van der Waals surface area contributed by atoms with E-state index in [2.05, 4.69) is 25.3 Å². The maximum atomic E-state index is 13.0. The smallest absolute Gasteiger partial charge is 0.326 e. The summed E-state index contributed by atoms with van der Waals surface area (Å²) in [5, 5.41) is 20.3. The largest absolute Gasteiger partial charge is 0.481 e. The summed E-state index contributed by atoms with van der Waals surface area (Å²) in [6.45, 7) is 0.0266. The minimum absolute atomic E-state index is 0.0217. The molecular weight excluding hydrogens is 494 g/mol. The van der Waals surface area contributed by atoms with Gasteiger partial charge >= 0.3 is 17.5 Å². The summed E-state index contributed by atoms with van der Waals surface area (Å²) >= 11 is 0. The molecule has 36 heavy (non-hydrogen) atoms. The summed E-state index contributed by atoms with van der Waals surface area (Å²) in [5.41, 5.74) is 5.95. The number of amides is 1. The molecular formula is C21H25N7O7S. The van der Waals surface area contributed by atoms with Crippen LogP contribution in [-0.2, 0) is 26.3 Å². The Balaban J connectivity index is 1.82. The lowest BCUT2D eigenvalue weighted by Gasteiger charge is -2.32. The molecule has 1 aromatic carbocycles. The van der Waals surface area contributed by atoms with Gasteiger partial charge in [0.2, 0.25) is 5.95 Å². The number of anilines is 2. The highest BCUT2D eigenvalue weighted by atomic mass is 32.3. The first-order chi connectivity index (χ1) is 16.8. The average Bonchev–Trinajstić information content (AvgIpc) is 2.79. The fourth-order valence-corrected chi connectivity index (χ4v) is 4.47. The molecule has 6 N–H and O–H groups in total. The van der Waals surface area contributed by atoms with Crippen LogP contribution in [0.15, 0.2) is 35.3 Å². The molecule has 192 valence electrons. The number of nitrogens with one attached hydrogen (secondary N) is 2. The van der Waals surface area contributed by atoms with Crippen LogP contribution in [0.1, 0.15) is 28.9 Å². The average molecular weight is 520 g/mol. The molecule has 0 spiro atoms. The van der Waals surface area contributed by atoms with Crippen LogP contribution < -0.4 is 20.9 Å². The number of fused-ring (bicyclic) bond motifs is 1. The quantitative estimate of drug-likeness (QED) is 0.188. The van der Waals surface area contributed by atoms with Gasteiger partial charge in [0, 0.05) is 30.2 Å². The SMILES string of the molecule is C[SH](C)(=O)N(Cc1cnc2[nH]c(N)nc(=O)c2n1)c1ccc(C(=O)N[C@@H](CCC(=O)O)C(=O)O)cc1. The van der Waals surface area contributed by atoms with Crippen molar-refractivity contribution < 1.29 is 28.8 Å². The van der Waals surface area contributed by atoms with E-state index in [9.17, 15) is 28.5 Å². The maximum absolute atomic E-state index is 13.0. The van der Waals surface area contributed by atoms with E-state index < -0.39 is 46.0 Å². The lowest BCUT2D eigenvalue weighted by molar-refractivity contribution is -0.140. The van der Waals surface area contributed by atoms with Gasteiger partial charge in [0.25, 0.3) is 5.91 Å². The molecule has 0 aliphatic heterocycles.